The fraction of sp³-hybridized carbons (Fsp3) is 0.536. The number of benzene rings is 1. The first-order valence-corrected chi connectivity index (χ1v) is 12.9. The van der Waals surface area contributed by atoms with Gasteiger partial charge in [-0.2, -0.15) is 0 Å². The number of amides is 2. The Balaban J connectivity index is 1.61. The smallest absolute Gasteiger partial charge is 0.313 e. The SMILES string of the molecule is CCCC(C)N1CC=C[C@]23O[C@@H]4C=CCOC(=O)[C@@H]4[C@H]2C(=O)N([C@@H](CO)Cc2ccccc2)C3C1=O. The summed E-state index contributed by atoms with van der Waals surface area (Å²) in [5, 5.41) is 10.5. The summed E-state index contributed by atoms with van der Waals surface area (Å²) < 4.78 is 11.9. The van der Waals surface area contributed by atoms with Crippen LogP contribution in [0.4, 0.5) is 0 Å². The van der Waals surface area contributed by atoms with Crippen molar-refractivity contribution in [2.24, 2.45) is 11.8 Å². The Hall–Kier alpha value is -2.97. The number of carbonyl (C=O) groups excluding carboxylic acids is 3. The zero-order valence-corrected chi connectivity index (χ0v) is 20.8. The first-order valence-electron chi connectivity index (χ1n) is 12.9. The number of rotatable bonds is 7. The largest absolute Gasteiger partial charge is 0.461 e. The van der Waals surface area contributed by atoms with E-state index < -0.39 is 41.6 Å². The highest BCUT2D eigenvalue weighted by Gasteiger charge is 2.72. The van der Waals surface area contributed by atoms with Crippen molar-refractivity contribution < 1.29 is 29.0 Å². The number of hydrogen-bond acceptors (Lipinski definition) is 6. The molecule has 1 aromatic carbocycles. The predicted molar refractivity (Wildman–Crippen MR) is 132 cm³/mol. The van der Waals surface area contributed by atoms with Gasteiger partial charge in [0, 0.05) is 12.6 Å². The molecule has 8 nitrogen and oxygen atoms in total. The van der Waals surface area contributed by atoms with Crippen LogP contribution in [0.15, 0.2) is 54.6 Å². The van der Waals surface area contributed by atoms with Crippen molar-refractivity contribution in [3.8, 4) is 0 Å². The number of fused-ring (bicyclic) bond motifs is 2. The Kier molecular flexibility index (Phi) is 6.74. The minimum atomic E-state index is -1.31. The molecular formula is C28H34N2O6. The zero-order chi connectivity index (χ0) is 25.4. The lowest BCUT2D eigenvalue weighted by Crippen LogP contribution is -2.59. The zero-order valence-electron chi connectivity index (χ0n) is 20.8. The topological polar surface area (TPSA) is 96.4 Å². The summed E-state index contributed by atoms with van der Waals surface area (Å²) in [4.78, 5) is 44.8. The minimum absolute atomic E-state index is 0.0308. The van der Waals surface area contributed by atoms with E-state index in [1.807, 2.05) is 49.4 Å². The predicted octanol–water partition coefficient (Wildman–Crippen LogP) is 1.87. The van der Waals surface area contributed by atoms with Crippen LogP contribution < -0.4 is 0 Å². The van der Waals surface area contributed by atoms with E-state index in [1.165, 1.54) is 4.90 Å². The van der Waals surface area contributed by atoms with Gasteiger partial charge in [-0.3, -0.25) is 14.4 Å². The van der Waals surface area contributed by atoms with Crippen molar-refractivity contribution >= 4 is 17.8 Å². The van der Waals surface area contributed by atoms with E-state index in [0.29, 0.717) is 13.0 Å². The van der Waals surface area contributed by atoms with Gasteiger partial charge in [-0.05, 0) is 31.4 Å². The van der Waals surface area contributed by atoms with Crippen molar-refractivity contribution in [2.75, 3.05) is 19.8 Å². The molecule has 2 unspecified atom stereocenters. The van der Waals surface area contributed by atoms with Crippen LogP contribution in [0.5, 0.6) is 0 Å². The summed E-state index contributed by atoms with van der Waals surface area (Å²) in [5.74, 6) is -2.81. The van der Waals surface area contributed by atoms with E-state index in [-0.39, 0.29) is 31.1 Å². The maximum Gasteiger partial charge on any atom is 0.313 e. The number of aliphatic hydroxyl groups excluding tert-OH is 1. The molecule has 4 aliphatic heterocycles. The number of likely N-dealkylation sites (tertiary alicyclic amines) is 1. The van der Waals surface area contributed by atoms with E-state index in [0.717, 1.165) is 18.4 Å². The molecule has 192 valence electrons. The number of esters is 1. The quantitative estimate of drug-likeness (QED) is 0.459. The maximum atomic E-state index is 14.3. The van der Waals surface area contributed by atoms with Crippen molar-refractivity contribution in [3.63, 3.8) is 0 Å². The summed E-state index contributed by atoms with van der Waals surface area (Å²) >= 11 is 0. The van der Waals surface area contributed by atoms with Crippen LogP contribution in [0.1, 0.15) is 32.3 Å². The summed E-state index contributed by atoms with van der Waals surface area (Å²) in [7, 11) is 0. The number of cyclic esters (lactones) is 1. The van der Waals surface area contributed by atoms with Crippen LogP contribution >= 0.6 is 0 Å². The standard InChI is InChI=1S/C28H34N2O6/c1-3-9-18(2)29-14-8-13-28-23(22-21(36-28)12-7-15-35-27(22)34)25(32)30(24(28)26(29)33)20(17-31)16-19-10-5-4-6-11-19/h4-8,10-13,18,20-24,31H,3,9,14-17H2,1-2H3/t18?,20-,21-,22+,23+,24?,28+/m1/s1. The fourth-order valence-electron chi connectivity index (χ4n) is 6.43. The second-order valence-electron chi connectivity index (χ2n) is 10.2. The molecule has 1 N–H and O–H groups in total. The Labute approximate surface area is 211 Å². The molecule has 4 heterocycles. The average molecular weight is 495 g/mol. The molecule has 0 aliphatic carbocycles. The molecule has 36 heavy (non-hydrogen) atoms. The van der Waals surface area contributed by atoms with E-state index in [9.17, 15) is 19.5 Å². The van der Waals surface area contributed by atoms with Gasteiger partial charge >= 0.3 is 5.97 Å². The minimum Gasteiger partial charge on any atom is -0.461 e. The molecule has 8 heteroatoms. The Morgan fingerprint density at radius 3 is 2.64 bits per heavy atom. The third-order valence-electron chi connectivity index (χ3n) is 8.04. The summed E-state index contributed by atoms with van der Waals surface area (Å²) in [5.41, 5.74) is -0.367. The van der Waals surface area contributed by atoms with Gasteiger partial charge in [0.25, 0.3) is 0 Å². The van der Waals surface area contributed by atoms with E-state index in [1.54, 1.807) is 17.1 Å². The van der Waals surface area contributed by atoms with E-state index in [2.05, 4.69) is 6.92 Å². The van der Waals surface area contributed by atoms with Crippen LogP contribution in [0.2, 0.25) is 0 Å². The van der Waals surface area contributed by atoms with Gasteiger partial charge < -0.3 is 24.4 Å². The second kappa shape index (κ2) is 9.82. The summed E-state index contributed by atoms with van der Waals surface area (Å²) in [6, 6.07) is 7.92. The van der Waals surface area contributed by atoms with Gasteiger partial charge in [-0.25, -0.2) is 0 Å². The van der Waals surface area contributed by atoms with Crippen LogP contribution in [-0.2, 0) is 30.3 Å². The number of nitrogens with zero attached hydrogens (tertiary/aromatic N) is 2. The lowest BCUT2D eigenvalue weighted by atomic mass is 9.78. The van der Waals surface area contributed by atoms with Crippen molar-refractivity contribution in [3.05, 3.63) is 60.2 Å². The molecule has 4 aliphatic rings. The van der Waals surface area contributed by atoms with Gasteiger partial charge in [0.15, 0.2) is 0 Å². The number of aliphatic hydroxyl groups is 1. The van der Waals surface area contributed by atoms with Crippen molar-refractivity contribution in [1.82, 2.24) is 9.80 Å². The molecule has 0 saturated carbocycles. The number of hydrogen-bond donors (Lipinski definition) is 1. The van der Waals surface area contributed by atoms with Gasteiger partial charge in [-0.15, -0.1) is 0 Å². The van der Waals surface area contributed by atoms with Gasteiger partial charge in [-0.1, -0.05) is 61.9 Å². The van der Waals surface area contributed by atoms with E-state index >= 15 is 0 Å². The van der Waals surface area contributed by atoms with Crippen molar-refractivity contribution in [1.29, 1.82) is 0 Å². The van der Waals surface area contributed by atoms with Crippen LogP contribution in [0.3, 0.4) is 0 Å². The Morgan fingerprint density at radius 2 is 1.92 bits per heavy atom. The highest BCUT2D eigenvalue weighted by atomic mass is 16.6. The fourth-order valence-corrected chi connectivity index (χ4v) is 6.43. The normalized spacial score (nSPS) is 32.9. The molecule has 7 atom stereocenters. The number of carbonyl (C=O) groups is 3. The highest BCUT2D eigenvalue weighted by Crippen LogP contribution is 2.54. The van der Waals surface area contributed by atoms with Crippen LogP contribution in [0, 0.1) is 11.8 Å². The molecule has 2 amide bonds. The molecule has 1 aromatic rings. The molecule has 2 saturated heterocycles. The molecule has 2 fully saturated rings. The molecule has 0 bridgehead atoms. The lowest BCUT2D eigenvalue weighted by molar-refractivity contribution is -0.155. The molecule has 0 radical (unpaired) electrons. The van der Waals surface area contributed by atoms with Gasteiger partial charge in [0.1, 0.15) is 24.2 Å². The molecule has 5 rings (SSSR count). The molecule has 1 spiro atoms. The highest BCUT2D eigenvalue weighted by molar-refractivity contribution is 5.99. The molecular weight excluding hydrogens is 460 g/mol. The third kappa shape index (κ3) is 3.87. The summed E-state index contributed by atoms with van der Waals surface area (Å²) in [6.45, 7) is 4.29. The van der Waals surface area contributed by atoms with Crippen LogP contribution in [-0.4, -0.2) is 82.3 Å². The van der Waals surface area contributed by atoms with Gasteiger partial charge in [0.2, 0.25) is 11.8 Å². The second-order valence-corrected chi connectivity index (χ2v) is 10.2. The third-order valence-corrected chi connectivity index (χ3v) is 8.04. The number of ether oxygens (including phenoxy) is 2. The summed E-state index contributed by atoms with van der Waals surface area (Å²) in [6.07, 6.45) is 8.67. The maximum absolute atomic E-state index is 14.3. The lowest BCUT2D eigenvalue weighted by Gasteiger charge is -2.40. The van der Waals surface area contributed by atoms with Gasteiger partial charge in [0.05, 0.1) is 24.7 Å². The average Bonchev–Trinajstić information content (AvgIpc) is 3.17. The van der Waals surface area contributed by atoms with Crippen LogP contribution in [0.25, 0.3) is 0 Å². The first kappa shape index (κ1) is 24.7. The first-order chi connectivity index (χ1) is 17.4. The monoisotopic (exact) mass is 494 g/mol. The Bertz CT molecular complexity index is 1070. The van der Waals surface area contributed by atoms with E-state index in [4.69, 9.17) is 9.47 Å². The van der Waals surface area contributed by atoms with Crippen molar-refractivity contribution in [2.45, 2.75) is 62.9 Å². The Morgan fingerprint density at radius 1 is 1.14 bits per heavy atom. The molecule has 0 aromatic heterocycles.